The monoisotopic (exact) mass is 463 g/mol. The summed E-state index contributed by atoms with van der Waals surface area (Å²) in [6, 6.07) is 10.3. The molecule has 1 aliphatic carbocycles. The van der Waals surface area contributed by atoms with Crippen molar-refractivity contribution in [3.05, 3.63) is 58.9 Å². The standard InChI is InChI=1S/C23H23ClFNO6/c1-2-32-22(31)23(12-27)10-17(19(11-23)26-20(28)21(29)30)14-5-3-13(4-6-14)16-9-15(24)7-8-18(16)25/h3-9,17,19,27H,2,10-12H2,1H3,(H,26,28)(H,29,30)/t17?,19-,23-/m0/s1. The molecule has 0 aliphatic heterocycles. The Hall–Kier alpha value is -2.97. The Morgan fingerprint density at radius 2 is 1.88 bits per heavy atom. The summed E-state index contributed by atoms with van der Waals surface area (Å²) in [5.74, 6) is -4.34. The molecule has 1 aliphatic rings. The fraction of sp³-hybridized carbons (Fsp3) is 0.348. The van der Waals surface area contributed by atoms with Gasteiger partial charge in [-0.2, -0.15) is 0 Å². The molecular weight excluding hydrogens is 441 g/mol. The Morgan fingerprint density at radius 3 is 2.47 bits per heavy atom. The number of benzene rings is 2. The van der Waals surface area contributed by atoms with E-state index in [-0.39, 0.29) is 19.4 Å². The third-order valence-electron chi connectivity index (χ3n) is 5.81. The first kappa shape index (κ1) is 23.7. The highest BCUT2D eigenvalue weighted by molar-refractivity contribution is 6.31. The van der Waals surface area contributed by atoms with Crippen molar-refractivity contribution >= 4 is 29.4 Å². The smallest absolute Gasteiger partial charge is 0.394 e. The van der Waals surface area contributed by atoms with Crippen LogP contribution in [0.1, 0.15) is 31.2 Å². The van der Waals surface area contributed by atoms with E-state index >= 15 is 0 Å². The molecule has 32 heavy (non-hydrogen) atoms. The molecule has 9 heteroatoms. The van der Waals surface area contributed by atoms with Crippen molar-refractivity contribution in [3.8, 4) is 11.1 Å². The predicted molar refractivity (Wildman–Crippen MR) is 115 cm³/mol. The summed E-state index contributed by atoms with van der Waals surface area (Å²) < 4.78 is 19.3. The zero-order chi connectivity index (χ0) is 23.5. The van der Waals surface area contributed by atoms with Crippen molar-refractivity contribution < 1.29 is 33.7 Å². The van der Waals surface area contributed by atoms with Crippen LogP contribution in [0.3, 0.4) is 0 Å². The number of esters is 1. The van der Waals surface area contributed by atoms with Crippen molar-refractivity contribution in [2.75, 3.05) is 13.2 Å². The van der Waals surface area contributed by atoms with Gasteiger partial charge in [-0.15, -0.1) is 0 Å². The largest absolute Gasteiger partial charge is 0.474 e. The molecule has 0 spiro atoms. The molecule has 0 heterocycles. The van der Waals surface area contributed by atoms with Gasteiger partial charge in [-0.25, -0.2) is 9.18 Å². The minimum absolute atomic E-state index is 0.0245. The number of aliphatic hydroxyl groups excluding tert-OH is 1. The van der Waals surface area contributed by atoms with Crippen LogP contribution in [-0.4, -0.2) is 47.3 Å². The van der Waals surface area contributed by atoms with Crippen LogP contribution in [0.4, 0.5) is 4.39 Å². The Morgan fingerprint density at radius 1 is 1.19 bits per heavy atom. The number of nitrogens with one attached hydrogen (secondary N) is 1. The second-order valence-corrected chi connectivity index (χ2v) is 8.24. The molecule has 0 bridgehead atoms. The average molecular weight is 464 g/mol. The molecule has 3 N–H and O–H groups in total. The van der Waals surface area contributed by atoms with E-state index in [2.05, 4.69) is 5.32 Å². The predicted octanol–water partition coefficient (Wildman–Crippen LogP) is 3.13. The van der Waals surface area contributed by atoms with Gasteiger partial charge in [0.2, 0.25) is 0 Å². The zero-order valence-electron chi connectivity index (χ0n) is 17.3. The lowest BCUT2D eigenvalue weighted by Crippen LogP contribution is -2.42. The maximum Gasteiger partial charge on any atom is 0.394 e. The van der Waals surface area contributed by atoms with Gasteiger partial charge in [-0.1, -0.05) is 35.9 Å². The van der Waals surface area contributed by atoms with E-state index < -0.39 is 47.6 Å². The molecule has 2 aromatic rings. The Bertz CT molecular complexity index is 1030. The molecule has 1 fully saturated rings. The summed E-state index contributed by atoms with van der Waals surface area (Å²) in [5.41, 5.74) is 0.333. The number of carboxylic acids is 1. The molecule has 0 aromatic heterocycles. The fourth-order valence-corrected chi connectivity index (χ4v) is 4.39. The summed E-state index contributed by atoms with van der Waals surface area (Å²) >= 11 is 5.98. The van der Waals surface area contributed by atoms with Gasteiger partial charge in [0.05, 0.1) is 18.6 Å². The Balaban J connectivity index is 1.94. The first-order valence-corrected chi connectivity index (χ1v) is 10.5. The van der Waals surface area contributed by atoms with E-state index in [9.17, 15) is 23.9 Å². The lowest BCUT2D eigenvalue weighted by Gasteiger charge is -2.24. The van der Waals surface area contributed by atoms with E-state index in [4.69, 9.17) is 21.4 Å². The van der Waals surface area contributed by atoms with Gasteiger partial charge in [0.15, 0.2) is 0 Å². The lowest BCUT2D eigenvalue weighted by molar-refractivity contribution is -0.158. The van der Waals surface area contributed by atoms with Crippen molar-refractivity contribution in [3.63, 3.8) is 0 Å². The highest BCUT2D eigenvalue weighted by atomic mass is 35.5. The van der Waals surface area contributed by atoms with Gasteiger partial charge < -0.3 is 20.3 Å². The average Bonchev–Trinajstić information content (AvgIpc) is 3.15. The normalized spacial score (nSPS) is 22.4. The minimum Gasteiger partial charge on any atom is -0.474 e. The van der Waals surface area contributed by atoms with Crippen molar-refractivity contribution in [1.29, 1.82) is 0 Å². The highest BCUT2D eigenvalue weighted by Gasteiger charge is 2.52. The van der Waals surface area contributed by atoms with E-state index in [1.165, 1.54) is 18.2 Å². The summed E-state index contributed by atoms with van der Waals surface area (Å²) in [5, 5.41) is 21.8. The Labute approximate surface area is 189 Å². The topological polar surface area (TPSA) is 113 Å². The molecule has 3 rings (SSSR count). The number of halogens is 2. The van der Waals surface area contributed by atoms with Gasteiger partial charge in [0, 0.05) is 22.5 Å². The number of rotatable bonds is 6. The van der Waals surface area contributed by atoms with Gasteiger partial charge in [0.1, 0.15) is 5.82 Å². The molecule has 0 saturated heterocycles. The van der Waals surface area contributed by atoms with Crippen LogP contribution in [0.5, 0.6) is 0 Å². The molecule has 2 aromatic carbocycles. The zero-order valence-corrected chi connectivity index (χ0v) is 18.1. The number of carboxylic acid groups (broad SMARTS) is 1. The first-order valence-electron chi connectivity index (χ1n) is 10.1. The van der Waals surface area contributed by atoms with Gasteiger partial charge in [0.25, 0.3) is 0 Å². The van der Waals surface area contributed by atoms with Crippen molar-refractivity contribution in [1.82, 2.24) is 5.32 Å². The molecular formula is C23H23ClFNO6. The second-order valence-electron chi connectivity index (χ2n) is 7.80. The van der Waals surface area contributed by atoms with Gasteiger partial charge in [-0.3, -0.25) is 9.59 Å². The van der Waals surface area contributed by atoms with Crippen molar-refractivity contribution in [2.24, 2.45) is 5.41 Å². The Kier molecular flexibility index (Phi) is 7.16. The number of hydrogen-bond acceptors (Lipinski definition) is 5. The van der Waals surface area contributed by atoms with Gasteiger partial charge in [-0.05, 0) is 49.1 Å². The van der Waals surface area contributed by atoms with Crippen LogP contribution in [0.2, 0.25) is 5.02 Å². The maximum atomic E-state index is 14.2. The maximum absolute atomic E-state index is 14.2. The lowest BCUT2D eigenvalue weighted by atomic mass is 9.84. The minimum atomic E-state index is -1.65. The fourth-order valence-electron chi connectivity index (χ4n) is 4.21. The quantitative estimate of drug-likeness (QED) is 0.448. The molecule has 0 radical (unpaired) electrons. The number of amides is 1. The van der Waals surface area contributed by atoms with Crippen LogP contribution in [0, 0.1) is 11.2 Å². The van der Waals surface area contributed by atoms with Crippen LogP contribution in [0.15, 0.2) is 42.5 Å². The molecule has 1 saturated carbocycles. The number of ether oxygens (including phenoxy) is 1. The molecule has 170 valence electrons. The summed E-state index contributed by atoms with van der Waals surface area (Å²) in [7, 11) is 0. The molecule has 3 atom stereocenters. The van der Waals surface area contributed by atoms with E-state index in [0.717, 1.165) is 0 Å². The molecule has 1 unspecified atom stereocenters. The third kappa shape index (κ3) is 4.76. The van der Waals surface area contributed by atoms with Crippen molar-refractivity contribution in [2.45, 2.75) is 31.7 Å². The van der Waals surface area contributed by atoms with Crippen LogP contribution < -0.4 is 5.32 Å². The van der Waals surface area contributed by atoms with Crippen LogP contribution in [0.25, 0.3) is 11.1 Å². The number of aliphatic carboxylic acids is 1. The van der Waals surface area contributed by atoms with Crippen LogP contribution in [-0.2, 0) is 19.1 Å². The van der Waals surface area contributed by atoms with Crippen LogP contribution >= 0.6 is 11.6 Å². The third-order valence-corrected chi connectivity index (χ3v) is 6.04. The summed E-state index contributed by atoms with van der Waals surface area (Å²) in [6.07, 6.45) is 0.175. The number of aliphatic hydroxyl groups is 1. The number of hydrogen-bond donors (Lipinski definition) is 3. The summed E-state index contributed by atoms with van der Waals surface area (Å²) in [6.45, 7) is 1.26. The number of carbonyl (C=O) groups excluding carboxylic acids is 2. The van der Waals surface area contributed by atoms with E-state index in [0.29, 0.717) is 21.7 Å². The number of carbonyl (C=O) groups is 3. The molecule has 1 amide bonds. The summed E-state index contributed by atoms with van der Waals surface area (Å²) in [4.78, 5) is 35.5. The SMILES string of the molecule is CCOC(=O)[C@@]1(CO)CC(c2ccc(-c3cc(Cl)ccc3F)cc2)[C@@H](NC(=O)C(=O)O)C1. The highest BCUT2D eigenvalue weighted by Crippen LogP contribution is 2.47. The van der Waals surface area contributed by atoms with Gasteiger partial charge >= 0.3 is 17.8 Å². The van der Waals surface area contributed by atoms with E-state index in [1.807, 2.05) is 0 Å². The first-order chi connectivity index (χ1) is 15.2. The van der Waals surface area contributed by atoms with E-state index in [1.54, 1.807) is 31.2 Å². The molecule has 7 nitrogen and oxygen atoms in total. The second kappa shape index (κ2) is 9.67.